The third-order valence-electron chi connectivity index (χ3n) is 7.73. The van der Waals surface area contributed by atoms with Crippen LogP contribution >= 0.6 is 0 Å². The highest BCUT2D eigenvalue weighted by Gasteiger charge is 2.38. The Hall–Kier alpha value is -3.91. The topological polar surface area (TPSA) is 150 Å². The fourth-order valence-electron chi connectivity index (χ4n) is 5.37. The molecule has 0 aliphatic carbocycles. The summed E-state index contributed by atoms with van der Waals surface area (Å²) < 4.78 is 33.7. The average molecular weight is 609 g/mol. The van der Waals surface area contributed by atoms with Crippen LogP contribution in [0.15, 0.2) is 71.9 Å². The lowest BCUT2D eigenvalue weighted by atomic mass is 9.95. The van der Waals surface area contributed by atoms with Gasteiger partial charge in [0, 0.05) is 43.6 Å². The van der Waals surface area contributed by atoms with Crippen LogP contribution in [0.4, 0.5) is 5.69 Å². The van der Waals surface area contributed by atoms with Crippen molar-refractivity contribution in [3.63, 3.8) is 0 Å². The number of hydrogen-bond donors (Lipinski definition) is 3. The molecule has 5 rings (SSSR count). The predicted octanol–water partition coefficient (Wildman–Crippen LogP) is 0.890. The predicted molar refractivity (Wildman–Crippen MR) is 161 cm³/mol. The number of nitrogens with one attached hydrogen (secondary N) is 3. The monoisotopic (exact) mass is 608 g/mol. The lowest BCUT2D eigenvalue weighted by Gasteiger charge is -2.38. The molecule has 2 saturated heterocycles. The van der Waals surface area contributed by atoms with Crippen molar-refractivity contribution in [1.29, 1.82) is 0 Å². The molecule has 0 radical (unpaired) electrons. The number of rotatable bonds is 10. The fraction of sp³-hybridized carbons (Fsp3) is 0.400. The molecule has 13 heteroatoms. The van der Waals surface area contributed by atoms with Crippen molar-refractivity contribution < 1.29 is 27.5 Å². The molecule has 3 heterocycles. The Balaban J connectivity index is 1.33. The summed E-state index contributed by atoms with van der Waals surface area (Å²) in [5.41, 5.74) is 0.497. The third-order valence-corrected chi connectivity index (χ3v) is 9.13. The van der Waals surface area contributed by atoms with Crippen LogP contribution < -0.4 is 20.3 Å². The van der Waals surface area contributed by atoms with Gasteiger partial charge in [-0.05, 0) is 61.0 Å². The van der Waals surface area contributed by atoms with Crippen molar-refractivity contribution in [3.05, 3.63) is 67.0 Å². The molecule has 0 spiro atoms. The van der Waals surface area contributed by atoms with Crippen LogP contribution in [0.5, 0.6) is 0 Å². The number of ether oxygens (including phenoxy) is 1. The van der Waals surface area contributed by atoms with Gasteiger partial charge < -0.3 is 20.3 Å². The first-order valence-electron chi connectivity index (χ1n) is 14.4. The molecule has 1 aromatic heterocycles. The number of anilines is 1. The lowest BCUT2D eigenvalue weighted by Crippen LogP contribution is -2.59. The Labute approximate surface area is 250 Å². The number of aromatic nitrogens is 1. The standard InChI is InChI=1S/C30H36N6O6S/c37-28(21-34-43(40,41)26-6-5-22-3-1-2-4-24(22)19-26)33-20-27(30(39)35-15-17-42-18-16-35)36(25-9-13-32-14-10-25)29(38)23-7-11-31-12-8-23/h1-6,9-10,13-14,19,23,27,31,34H,7-8,11-12,15-18,20-21H2,(H,33,37). The van der Waals surface area contributed by atoms with E-state index in [1.165, 1.54) is 11.0 Å². The maximum absolute atomic E-state index is 14.0. The van der Waals surface area contributed by atoms with Gasteiger partial charge in [-0.1, -0.05) is 30.3 Å². The van der Waals surface area contributed by atoms with Crippen LogP contribution in [0.25, 0.3) is 10.8 Å². The lowest BCUT2D eigenvalue weighted by molar-refractivity contribution is -0.139. The van der Waals surface area contributed by atoms with E-state index in [1.807, 2.05) is 24.3 Å². The first kappa shape index (κ1) is 30.5. The smallest absolute Gasteiger partial charge is 0.247 e. The molecule has 1 atom stereocenters. The van der Waals surface area contributed by atoms with E-state index in [2.05, 4.69) is 20.3 Å². The number of fused-ring (bicyclic) bond motifs is 1. The zero-order valence-electron chi connectivity index (χ0n) is 23.8. The Morgan fingerprint density at radius 2 is 1.70 bits per heavy atom. The van der Waals surface area contributed by atoms with E-state index < -0.39 is 28.5 Å². The zero-order chi connectivity index (χ0) is 30.2. The number of sulfonamides is 1. The van der Waals surface area contributed by atoms with Crippen LogP contribution in [0.1, 0.15) is 12.8 Å². The Bertz CT molecular complexity index is 1540. The van der Waals surface area contributed by atoms with Gasteiger partial charge in [0.05, 0.1) is 24.7 Å². The average Bonchev–Trinajstić information content (AvgIpc) is 3.06. The minimum Gasteiger partial charge on any atom is -0.378 e. The van der Waals surface area contributed by atoms with Crippen LogP contribution in [0, 0.1) is 5.92 Å². The van der Waals surface area contributed by atoms with E-state index >= 15 is 0 Å². The van der Waals surface area contributed by atoms with Crippen molar-refractivity contribution in [2.75, 3.05) is 57.4 Å². The molecule has 0 saturated carbocycles. The van der Waals surface area contributed by atoms with Gasteiger partial charge in [-0.3, -0.25) is 24.3 Å². The summed E-state index contributed by atoms with van der Waals surface area (Å²) in [5.74, 6) is -1.45. The Morgan fingerprint density at radius 1 is 1.00 bits per heavy atom. The van der Waals surface area contributed by atoms with Gasteiger partial charge in [0.25, 0.3) is 0 Å². The Kier molecular flexibility index (Phi) is 9.97. The van der Waals surface area contributed by atoms with Crippen molar-refractivity contribution in [3.8, 4) is 0 Å². The van der Waals surface area contributed by atoms with E-state index in [-0.39, 0.29) is 29.2 Å². The maximum atomic E-state index is 14.0. The largest absolute Gasteiger partial charge is 0.378 e. The number of pyridine rings is 1. The zero-order valence-corrected chi connectivity index (χ0v) is 24.6. The molecular weight excluding hydrogens is 572 g/mol. The number of benzene rings is 2. The molecule has 0 bridgehead atoms. The number of nitrogens with zero attached hydrogens (tertiary/aromatic N) is 3. The fourth-order valence-corrected chi connectivity index (χ4v) is 6.38. The normalized spacial score (nSPS) is 16.9. The molecule has 3 N–H and O–H groups in total. The van der Waals surface area contributed by atoms with E-state index in [9.17, 15) is 22.8 Å². The highest BCUT2D eigenvalue weighted by Crippen LogP contribution is 2.24. The quantitative estimate of drug-likeness (QED) is 0.307. The highest BCUT2D eigenvalue weighted by atomic mass is 32.2. The minimum atomic E-state index is -3.98. The summed E-state index contributed by atoms with van der Waals surface area (Å²) in [7, 11) is -3.98. The molecule has 228 valence electrons. The second kappa shape index (κ2) is 14.0. The van der Waals surface area contributed by atoms with Crippen molar-refractivity contribution in [1.82, 2.24) is 25.2 Å². The summed E-state index contributed by atoms with van der Waals surface area (Å²) in [6, 6.07) is 14.4. The summed E-state index contributed by atoms with van der Waals surface area (Å²) in [4.78, 5) is 48.0. The molecule has 12 nitrogen and oxygen atoms in total. The first-order valence-corrected chi connectivity index (χ1v) is 15.9. The molecule has 2 aliphatic rings. The second-order valence-corrected chi connectivity index (χ2v) is 12.3. The minimum absolute atomic E-state index is 0.0378. The molecule has 2 fully saturated rings. The van der Waals surface area contributed by atoms with Gasteiger partial charge in [0.15, 0.2) is 0 Å². The summed E-state index contributed by atoms with van der Waals surface area (Å²) in [6.45, 7) is 2.11. The number of morpholine rings is 1. The summed E-state index contributed by atoms with van der Waals surface area (Å²) in [5, 5.41) is 7.61. The van der Waals surface area contributed by atoms with Gasteiger partial charge >= 0.3 is 0 Å². The molecule has 1 unspecified atom stereocenters. The van der Waals surface area contributed by atoms with E-state index in [4.69, 9.17) is 4.74 Å². The van der Waals surface area contributed by atoms with Crippen molar-refractivity contribution in [2.24, 2.45) is 5.92 Å². The second-order valence-electron chi connectivity index (χ2n) is 10.5. The van der Waals surface area contributed by atoms with Gasteiger partial charge in [0.1, 0.15) is 6.04 Å². The van der Waals surface area contributed by atoms with E-state index in [0.717, 1.165) is 10.8 Å². The third kappa shape index (κ3) is 7.54. The van der Waals surface area contributed by atoms with Gasteiger partial charge in [-0.2, -0.15) is 0 Å². The number of carbonyl (C=O) groups is 3. The molecule has 3 aromatic rings. The number of carbonyl (C=O) groups excluding carboxylic acids is 3. The molecule has 2 aliphatic heterocycles. The van der Waals surface area contributed by atoms with Crippen molar-refractivity contribution >= 4 is 44.2 Å². The summed E-state index contributed by atoms with van der Waals surface area (Å²) in [6.07, 6.45) is 4.35. The molecule has 3 amide bonds. The van der Waals surface area contributed by atoms with E-state index in [0.29, 0.717) is 57.9 Å². The van der Waals surface area contributed by atoms with Gasteiger partial charge in [-0.15, -0.1) is 0 Å². The van der Waals surface area contributed by atoms with Gasteiger partial charge in [-0.25, -0.2) is 13.1 Å². The van der Waals surface area contributed by atoms with Crippen LogP contribution in [0.2, 0.25) is 0 Å². The van der Waals surface area contributed by atoms with Crippen molar-refractivity contribution in [2.45, 2.75) is 23.8 Å². The number of piperidine rings is 1. The molecular formula is C30H36N6O6S. The SMILES string of the molecule is O=C(CNS(=O)(=O)c1ccc2ccccc2c1)NCC(C(=O)N1CCOCC1)N(C(=O)C1CCNCC1)c1ccncc1. The molecule has 43 heavy (non-hydrogen) atoms. The van der Waals surface area contributed by atoms with E-state index in [1.54, 1.807) is 41.6 Å². The maximum Gasteiger partial charge on any atom is 0.247 e. The van der Waals surface area contributed by atoms with Crippen LogP contribution in [-0.4, -0.2) is 94.5 Å². The number of hydrogen-bond acceptors (Lipinski definition) is 8. The highest BCUT2D eigenvalue weighted by molar-refractivity contribution is 7.89. The van der Waals surface area contributed by atoms with Crippen LogP contribution in [-0.2, 0) is 29.1 Å². The molecule has 2 aromatic carbocycles. The number of amides is 3. The Morgan fingerprint density at radius 3 is 2.42 bits per heavy atom. The van der Waals surface area contributed by atoms with Crippen LogP contribution in [0.3, 0.4) is 0 Å². The first-order chi connectivity index (χ1) is 20.8. The summed E-state index contributed by atoms with van der Waals surface area (Å²) >= 11 is 0. The van der Waals surface area contributed by atoms with Gasteiger partial charge in [0.2, 0.25) is 27.7 Å².